The molecule has 1 atom stereocenters. The molecule has 0 spiro atoms. The van der Waals surface area contributed by atoms with Crippen LogP contribution in [-0.4, -0.2) is 35.3 Å². The van der Waals surface area contributed by atoms with Crippen molar-refractivity contribution >= 4 is 5.91 Å². The molecule has 1 aliphatic rings. The van der Waals surface area contributed by atoms with Gasteiger partial charge < -0.3 is 10.6 Å². The molecule has 1 aliphatic heterocycles. The summed E-state index contributed by atoms with van der Waals surface area (Å²) in [4.78, 5) is 24.2. The highest BCUT2D eigenvalue weighted by molar-refractivity contribution is 5.92. The first-order valence-corrected chi connectivity index (χ1v) is 7.89. The third-order valence-electron chi connectivity index (χ3n) is 3.98. The Morgan fingerprint density at radius 1 is 1.26 bits per heavy atom. The van der Waals surface area contributed by atoms with Crippen molar-refractivity contribution < 1.29 is 4.79 Å². The van der Waals surface area contributed by atoms with Crippen molar-refractivity contribution in [3.63, 3.8) is 0 Å². The minimum Gasteiger partial charge on any atom is -0.350 e. The molecule has 0 aliphatic carbocycles. The summed E-state index contributed by atoms with van der Waals surface area (Å²) in [5.74, 6) is 0.202. The lowest BCUT2D eigenvalue weighted by atomic mass is 10.00. The van der Waals surface area contributed by atoms with E-state index in [4.69, 9.17) is 0 Å². The molecule has 2 aromatic rings. The van der Waals surface area contributed by atoms with Crippen molar-refractivity contribution in [1.29, 1.82) is 0 Å². The zero-order valence-corrected chi connectivity index (χ0v) is 12.9. The number of aromatic nitrogens is 2. The normalized spacial score (nSPS) is 17.7. The quantitative estimate of drug-likeness (QED) is 0.882. The first-order valence-electron chi connectivity index (χ1n) is 7.89. The zero-order valence-electron chi connectivity index (χ0n) is 12.9. The van der Waals surface area contributed by atoms with Crippen molar-refractivity contribution in [3.05, 3.63) is 58.5 Å². The summed E-state index contributed by atoms with van der Waals surface area (Å²) in [6.45, 7) is 2.60. The number of piperidine rings is 1. The maximum Gasteiger partial charge on any atom is 0.271 e. The molecule has 0 saturated carbocycles. The molecule has 1 unspecified atom stereocenters. The average molecular weight is 312 g/mol. The molecule has 6 heteroatoms. The summed E-state index contributed by atoms with van der Waals surface area (Å²) < 4.78 is 1.25. The Balaban J connectivity index is 1.72. The lowest BCUT2D eigenvalue weighted by molar-refractivity contribution is 0.0938. The van der Waals surface area contributed by atoms with E-state index in [2.05, 4.69) is 15.7 Å². The summed E-state index contributed by atoms with van der Waals surface area (Å²) in [6.07, 6.45) is 2.25. The predicted octanol–water partition coefficient (Wildman–Crippen LogP) is 0.962. The van der Waals surface area contributed by atoms with Gasteiger partial charge in [-0.15, -0.1) is 0 Å². The summed E-state index contributed by atoms with van der Waals surface area (Å²) in [5, 5.41) is 10.4. The van der Waals surface area contributed by atoms with Crippen molar-refractivity contribution in [2.75, 3.05) is 19.6 Å². The van der Waals surface area contributed by atoms with Gasteiger partial charge in [0.05, 0.1) is 5.69 Å². The van der Waals surface area contributed by atoms with Gasteiger partial charge >= 0.3 is 0 Å². The van der Waals surface area contributed by atoms with Crippen LogP contribution in [0.1, 0.15) is 23.3 Å². The fraction of sp³-hybridized carbons (Fsp3) is 0.353. The van der Waals surface area contributed by atoms with E-state index in [9.17, 15) is 9.59 Å². The van der Waals surface area contributed by atoms with E-state index in [1.165, 1.54) is 16.8 Å². The van der Waals surface area contributed by atoms with Gasteiger partial charge in [0.2, 0.25) is 0 Å². The van der Waals surface area contributed by atoms with Gasteiger partial charge in [-0.3, -0.25) is 9.59 Å². The highest BCUT2D eigenvalue weighted by Gasteiger charge is 2.16. The van der Waals surface area contributed by atoms with Gasteiger partial charge in [-0.1, -0.05) is 18.2 Å². The van der Waals surface area contributed by atoms with Gasteiger partial charge in [-0.05, 0) is 50.0 Å². The van der Waals surface area contributed by atoms with Crippen LogP contribution in [0.3, 0.4) is 0 Å². The van der Waals surface area contributed by atoms with E-state index in [1.54, 1.807) is 12.1 Å². The Hall–Kier alpha value is -2.47. The lowest BCUT2D eigenvalue weighted by Crippen LogP contribution is -2.38. The van der Waals surface area contributed by atoms with Gasteiger partial charge in [0, 0.05) is 12.6 Å². The fourth-order valence-corrected chi connectivity index (χ4v) is 2.71. The Bertz CT molecular complexity index is 721. The van der Waals surface area contributed by atoms with E-state index in [-0.39, 0.29) is 17.2 Å². The number of rotatable bonds is 4. The highest BCUT2D eigenvalue weighted by atomic mass is 16.2. The van der Waals surface area contributed by atoms with E-state index in [0.29, 0.717) is 18.2 Å². The van der Waals surface area contributed by atoms with Gasteiger partial charge in [0.1, 0.15) is 5.69 Å². The second-order valence-corrected chi connectivity index (χ2v) is 5.73. The summed E-state index contributed by atoms with van der Waals surface area (Å²) in [7, 11) is 0. The molecular weight excluding hydrogens is 292 g/mol. The minimum atomic E-state index is -0.260. The molecule has 3 rings (SSSR count). The van der Waals surface area contributed by atoms with Crippen LogP contribution in [0.5, 0.6) is 0 Å². The molecule has 6 nitrogen and oxygen atoms in total. The first kappa shape index (κ1) is 15.4. The van der Waals surface area contributed by atoms with Gasteiger partial charge in [-0.2, -0.15) is 9.78 Å². The monoisotopic (exact) mass is 312 g/mol. The number of carbonyl (C=O) groups excluding carboxylic acids is 1. The summed E-state index contributed by atoms with van der Waals surface area (Å²) in [6, 6.07) is 11.9. The van der Waals surface area contributed by atoms with Crippen LogP contribution in [0, 0.1) is 5.92 Å². The molecule has 23 heavy (non-hydrogen) atoms. The molecule has 1 saturated heterocycles. The number of amides is 1. The molecule has 0 bridgehead atoms. The third-order valence-corrected chi connectivity index (χ3v) is 3.98. The van der Waals surface area contributed by atoms with E-state index in [0.717, 1.165) is 25.9 Å². The molecule has 2 heterocycles. The number of hydrogen-bond acceptors (Lipinski definition) is 4. The Labute approximate surface area is 134 Å². The summed E-state index contributed by atoms with van der Waals surface area (Å²) >= 11 is 0. The SMILES string of the molecule is O=C(NCC1CCCNC1)c1ccc(=O)n(-c2ccccc2)n1. The van der Waals surface area contributed by atoms with Crippen molar-refractivity contribution in [3.8, 4) is 5.69 Å². The second-order valence-electron chi connectivity index (χ2n) is 5.73. The van der Waals surface area contributed by atoms with Crippen molar-refractivity contribution in [2.24, 2.45) is 5.92 Å². The molecule has 2 N–H and O–H groups in total. The lowest BCUT2D eigenvalue weighted by Gasteiger charge is -2.22. The van der Waals surface area contributed by atoms with Crippen molar-refractivity contribution in [1.82, 2.24) is 20.4 Å². The number of nitrogens with zero attached hydrogens (tertiary/aromatic N) is 2. The third kappa shape index (κ3) is 3.84. The van der Waals surface area contributed by atoms with Crippen LogP contribution >= 0.6 is 0 Å². The zero-order chi connectivity index (χ0) is 16.1. The number of nitrogens with one attached hydrogen (secondary N) is 2. The maximum absolute atomic E-state index is 12.3. The van der Waals surface area contributed by atoms with Crippen LogP contribution in [0.2, 0.25) is 0 Å². The van der Waals surface area contributed by atoms with Crippen molar-refractivity contribution in [2.45, 2.75) is 12.8 Å². The largest absolute Gasteiger partial charge is 0.350 e. The summed E-state index contributed by atoms with van der Waals surface area (Å²) in [5.41, 5.74) is 0.630. The van der Waals surface area contributed by atoms with E-state index >= 15 is 0 Å². The second kappa shape index (κ2) is 7.19. The standard InChI is InChI=1S/C17H20N4O2/c22-16-9-8-15(20-21(16)14-6-2-1-3-7-14)17(23)19-12-13-5-4-10-18-11-13/h1-3,6-9,13,18H,4-5,10-12H2,(H,19,23). The number of benzene rings is 1. The van der Waals surface area contributed by atoms with Crippen LogP contribution in [0.25, 0.3) is 5.69 Å². The average Bonchev–Trinajstić information content (AvgIpc) is 2.62. The fourth-order valence-electron chi connectivity index (χ4n) is 2.71. The molecule has 1 aromatic carbocycles. The number of carbonyl (C=O) groups is 1. The Kier molecular flexibility index (Phi) is 4.83. The topological polar surface area (TPSA) is 76.0 Å². The molecule has 120 valence electrons. The molecule has 1 fully saturated rings. The van der Waals surface area contributed by atoms with Gasteiger partial charge in [0.25, 0.3) is 11.5 Å². The van der Waals surface area contributed by atoms with Gasteiger partial charge in [0.15, 0.2) is 0 Å². The van der Waals surface area contributed by atoms with E-state index in [1.807, 2.05) is 18.2 Å². The van der Waals surface area contributed by atoms with Gasteiger partial charge in [-0.25, -0.2) is 0 Å². The number of para-hydroxylation sites is 1. The maximum atomic E-state index is 12.3. The highest BCUT2D eigenvalue weighted by Crippen LogP contribution is 2.08. The Morgan fingerprint density at radius 3 is 2.83 bits per heavy atom. The smallest absolute Gasteiger partial charge is 0.271 e. The molecule has 1 aromatic heterocycles. The minimum absolute atomic E-state index is 0.247. The van der Waals surface area contributed by atoms with Crippen LogP contribution in [0.15, 0.2) is 47.3 Å². The Morgan fingerprint density at radius 2 is 2.09 bits per heavy atom. The van der Waals surface area contributed by atoms with E-state index < -0.39 is 0 Å². The molecule has 0 radical (unpaired) electrons. The predicted molar refractivity (Wildman–Crippen MR) is 87.8 cm³/mol. The van der Waals surface area contributed by atoms with Crippen LogP contribution in [-0.2, 0) is 0 Å². The molecule has 1 amide bonds. The molecular formula is C17H20N4O2. The first-order chi connectivity index (χ1) is 11.2. The van der Waals surface area contributed by atoms with Crippen LogP contribution < -0.4 is 16.2 Å². The number of hydrogen-bond donors (Lipinski definition) is 2. The van der Waals surface area contributed by atoms with Crippen LogP contribution in [0.4, 0.5) is 0 Å².